The van der Waals surface area contributed by atoms with Crippen LogP contribution in [0.15, 0.2) is 5.10 Å². The lowest BCUT2D eigenvalue weighted by Gasteiger charge is -2.51. The van der Waals surface area contributed by atoms with Gasteiger partial charge >= 0.3 is 0 Å². The summed E-state index contributed by atoms with van der Waals surface area (Å²) in [7, 11) is 0. The summed E-state index contributed by atoms with van der Waals surface area (Å²) in [5.41, 5.74) is 0. The van der Waals surface area contributed by atoms with Gasteiger partial charge in [0, 0.05) is 111 Å². The minimum absolute atomic E-state index is 0.960. The van der Waals surface area contributed by atoms with Crippen molar-refractivity contribution in [3.63, 3.8) is 0 Å². The van der Waals surface area contributed by atoms with Gasteiger partial charge in [0.15, 0.2) is 0 Å². The zero-order valence-corrected chi connectivity index (χ0v) is 19.4. The summed E-state index contributed by atoms with van der Waals surface area (Å²) in [6.45, 7) is 19.4. The maximum atomic E-state index is 5.36. The Morgan fingerprint density at radius 1 is 0.645 bits per heavy atom. The van der Waals surface area contributed by atoms with Gasteiger partial charge in [0.05, 0.1) is 0 Å². The van der Waals surface area contributed by atoms with E-state index in [-0.39, 0.29) is 0 Å². The van der Waals surface area contributed by atoms with E-state index in [1.54, 1.807) is 0 Å². The van der Waals surface area contributed by atoms with E-state index in [2.05, 4.69) is 58.4 Å². The maximum Gasteiger partial charge on any atom is 0.263 e. The number of piperazine rings is 4. The van der Waals surface area contributed by atoms with E-state index in [4.69, 9.17) is 5.10 Å². The number of hydrogen-bond acceptors (Lipinski definition) is 9. The van der Waals surface area contributed by atoms with Gasteiger partial charge in [0.1, 0.15) is 0 Å². The van der Waals surface area contributed by atoms with Crippen molar-refractivity contribution in [3.8, 4) is 0 Å². The van der Waals surface area contributed by atoms with Crippen molar-refractivity contribution in [1.82, 2.24) is 51.4 Å². The molecule has 4 aliphatic heterocycles. The SMILES string of the molecule is CCCN(/C(=N\N1CCNCC1)N(N1CCNCC1)N1CCNCC1)N1CCNCC1. The molecule has 0 saturated carbocycles. The molecule has 11 heteroatoms. The molecule has 4 rings (SSSR count). The molecule has 0 aromatic rings. The molecule has 0 atom stereocenters. The Morgan fingerprint density at radius 2 is 1.06 bits per heavy atom. The van der Waals surface area contributed by atoms with Crippen LogP contribution in [0.2, 0.25) is 0 Å². The van der Waals surface area contributed by atoms with E-state index >= 15 is 0 Å². The van der Waals surface area contributed by atoms with Gasteiger partial charge in [-0.2, -0.15) is 5.12 Å². The predicted octanol–water partition coefficient (Wildman–Crippen LogP) is -2.36. The Labute approximate surface area is 187 Å². The van der Waals surface area contributed by atoms with Crippen molar-refractivity contribution in [2.24, 2.45) is 5.10 Å². The molecule has 0 aliphatic carbocycles. The van der Waals surface area contributed by atoms with Crippen molar-refractivity contribution < 1.29 is 0 Å². The van der Waals surface area contributed by atoms with Crippen LogP contribution in [0.4, 0.5) is 0 Å². The van der Waals surface area contributed by atoms with Crippen molar-refractivity contribution in [2.75, 3.05) is 111 Å². The smallest absolute Gasteiger partial charge is 0.263 e. The van der Waals surface area contributed by atoms with Gasteiger partial charge in [0.25, 0.3) is 5.96 Å². The number of guanidine groups is 1. The largest absolute Gasteiger partial charge is 0.314 e. The maximum absolute atomic E-state index is 5.36. The highest BCUT2D eigenvalue weighted by atomic mass is 15.9. The lowest BCUT2D eigenvalue weighted by molar-refractivity contribution is -0.155. The van der Waals surface area contributed by atoms with Crippen LogP contribution < -0.4 is 21.3 Å². The third-order valence-electron chi connectivity index (χ3n) is 6.33. The molecule has 31 heavy (non-hydrogen) atoms. The topological polar surface area (TPSA) is 79.9 Å². The van der Waals surface area contributed by atoms with Crippen LogP contribution in [0, 0.1) is 0 Å². The molecule has 0 spiro atoms. The molecule has 0 aromatic heterocycles. The van der Waals surface area contributed by atoms with E-state index in [0.717, 1.165) is 124 Å². The second kappa shape index (κ2) is 12.1. The normalized spacial score (nSPS) is 25.6. The number of rotatable bonds is 6. The highest BCUT2D eigenvalue weighted by molar-refractivity contribution is 5.78. The first-order valence-electron chi connectivity index (χ1n) is 12.4. The lowest BCUT2D eigenvalue weighted by atomic mass is 10.4. The summed E-state index contributed by atoms with van der Waals surface area (Å²) >= 11 is 0. The van der Waals surface area contributed by atoms with E-state index < -0.39 is 0 Å². The minimum Gasteiger partial charge on any atom is -0.314 e. The molecule has 0 bridgehead atoms. The molecular weight excluding hydrogens is 394 g/mol. The first kappa shape index (κ1) is 23.0. The van der Waals surface area contributed by atoms with Crippen LogP contribution >= 0.6 is 0 Å². The number of hydrazine groups is 3. The second-order valence-electron chi connectivity index (χ2n) is 8.63. The van der Waals surface area contributed by atoms with Gasteiger partial charge in [0.2, 0.25) is 0 Å². The molecule has 0 unspecified atom stereocenters. The average molecular weight is 438 g/mol. The molecular formula is C20H43N11. The van der Waals surface area contributed by atoms with E-state index in [1.165, 1.54) is 0 Å². The fraction of sp³-hybridized carbons (Fsp3) is 0.950. The molecule has 4 aliphatic rings. The monoisotopic (exact) mass is 437 g/mol. The van der Waals surface area contributed by atoms with Gasteiger partial charge in [-0.25, -0.2) is 15.0 Å². The van der Waals surface area contributed by atoms with Crippen molar-refractivity contribution in [3.05, 3.63) is 0 Å². The summed E-state index contributed by atoms with van der Waals surface area (Å²) in [5.74, 6) is 1.08. The molecule has 4 N–H and O–H groups in total. The van der Waals surface area contributed by atoms with E-state index in [0.29, 0.717) is 0 Å². The number of hydrogen-bond donors (Lipinski definition) is 4. The standard InChI is InChI=1S/C20H43N11/c1-2-11-30(27-14-5-22-6-15-27)20(25-26-12-3-21-4-13-26)31(28-16-7-23-8-17-28)29-18-9-24-10-19-29/h21-24H,2-19H2,1H3/b25-20+. The molecule has 178 valence electrons. The van der Waals surface area contributed by atoms with Crippen molar-refractivity contribution in [2.45, 2.75) is 13.3 Å². The lowest BCUT2D eigenvalue weighted by Crippen LogP contribution is -2.69. The Hall–Kier alpha value is -1.21. The van der Waals surface area contributed by atoms with Crippen LogP contribution in [-0.4, -0.2) is 147 Å². The minimum atomic E-state index is 0.960. The molecule has 4 fully saturated rings. The van der Waals surface area contributed by atoms with E-state index in [1.807, 2.05) is 0 Å². The number of hydrazone groups is 1. The summed E-state index contributed by atoms with van der Waals surface area (Å²) < 4.78 is 0. The zero-order chi connectivity index (χ0) is 21.3. The van der Waals surface area contributed by atoms with Crippen LogP contribution in [0.3, 0.4) is 0 Å². The first-order valence-corrected chi connectivity index (χ1v) is 12.4. The summed E-state index contributed by atoms with van der Waals surface area (Å²) in [4.78, 5) is 0. The Morgan fingerprint density at radius 3 is 1.52 bits per heavy atom. The second-order valence-corrected chi connectivity index (χ2v) is 8.63. The number of nitrogens with zero attached hydrogens (tertiary/aromatic N) is 7. The highest BCUT2D eigenvalue weighted by Gasteiger charge is 2.34. The van der Waals surface area contributed by atoms with Crippen LogP contribution in [0.1, 0.15) is 13.3 Å². The van der Waals surface area contributed by atoms with Crippen molar-refractivity contribution >= 4 is 5.96 Å². The Balaban J connectivity index is 1.67. The first-order chi connectivity index (χ1) is 15.4. The molecule has 0 amide bonds. The predicted molar refractivity (Wildman–Crippen MR) is 124 cm³/mol. The summed E-state index contributed by atoms with van der Waals surface area (Å²) in [6, 6.07) is 0. The molecule has 4 saturated heterocycles. The zero-order valence-electron chi connectivity index (χ0n) is 19.4. The molecule has 4 heterocycles. The summed E-state index contributed by atoms with van der Waals surface area (Å²) in [6.07, 6.45) is 1.10. The van der Waals surface area contributed by atoms with Gasteiger partial charge < -0.3 is 21.3 Å². The van der Waals surface area contributed by atoms with Crippen LogP contribution in [0.25, 0.3) is 0 Å². The summed E-state index contributed by atoms with van der Waals surface area (Å²) in [5, 5.41) is 34.1. The third-order valence-corrected chi connectivity index (χ3v) is 6.33. The van der Waals surface area contributed by atoms with Gasteiger partial charge in [-0.1, -0.05) is 6.92 Å². The number of nitrogens with one attached hydrogen (secondary N) is 4. The quantitative estimate of drug-likeness (QED) is 0.268. The molecule has 11 nitrogen and oxygen atoms in total. The van der Waals surface area contributed by atoms with Gasteiger partial charge in [-0.15, -0.1) is 5.10 Å². The van der Waals surface area contributed by atoms with Gasteiger partial charge in [-0.3, -0.25) is 10.0 Å². The van der Waals surface area contributed by atoms with Crippen molar-refractivity contribution in [1.29, 1.82) is 0 Å². The fourth-order valence-electron chi connectivity index (χ4n) is 4.67. The van der Waals surface area contributed by atoms with Crippen LogP contribution in [0.5, 0.6) is 0 Å². The molecule has 0 aromatic carbocycles. The highest BCUT2D eigenvalue weighted by Crippen LogP contribution is 2.16. The average Bonchev–Trinajstić information content (AvgIpc) is 2.85. The fourth-order valence-corrected chi connectivity index (χ4v) is 4.67. The Kier molecular flexibility index (Phi) is 9.00. The molecule has 0 radical (unpaired) electrons. The third kappa shape index (κ3) is 6.19. The van der Waals surface area contributed by atoms with Gasteiger partial charge in [-0.05, 0) is 6.42 Å². The van der Waals surface area contributed by atoms with Crippen LogP contribution in [-0.2, 0) is 0 Å². The Bertz CT molecular complexity index is 517. The van der Waals surface area contributed by atoms with E-state index in [9.17, 15) is 0 Å².